The van der Waals surface area contributed by atoms with E-state index in [0.29, 0.717) is 11.9 Å². The van der Waals surface area contributed by atoms with Gasteiger partial charge in [0, 0.05) is 12.2 Å². The molecule has 0 bridgehead atoms. The lowest BCUT2D eigenvalue weighted by atomic mass is 10.2. The predicted molar refractivity (Wildman–Crippen MR) is 56.5 cm³/mol. The highest BCUT2D eigenvalue weighted by atomic mass is 35.5. The van der Waals surface area contributed by atoms with Crippen LogP contribution in [-0.4, -0.2) is 9.55 Å². The molecule has 1 aromatic heterocycles. The second-order valence-corrected chi connectivity index (χ2v) is 3.63. The van der Waals surface area contributed by atoms with Crippen LogP contribution in [0.5, 0.6) is 0 Å². The van der Waals surface area contributed by atoms with Crippen molar-refractivity contribution in [3.05, 3.63) is 18.2 Å². The Morgan fingerprint density at radius 3 is 2.77 bits per heavy atom. The molecule has 2 nitrogen and oxygen atoms in total. The molecule has 1 aliphatic carbocycles. The van der Waals surface area contributed by atoms with Crippen molar-refractivity contribution >= 4 is 24.0 Å². The maximum Gasteiger partial charge on any atom is 0.0951 e. The zero-order valence-electron chi connectivity index (χ0n) is 7.45. The van der Waals surface area contributed by atoms with Gasteiger partial charge < -0.3 is 4.57 Å². The van der Waals surface area contributed by atoms with Crippen molar-refractivity contribution in [1.82, 2.24) is 9.55 Å². The Bertz CT molecular complexity index is 254. The summed E-state index contributed by atoms with van der Waals surface area (Å²) in [5.41, 5.74) is 1.16. The third kappa shape index (κ3) is 2.18. The van der Waals surface area contributed by atoms with E-state index in [0.717, 1.165) is 5.69 Å². The van der Waals surface area contributed by atoms with Crippen LogP contribution in [0.2, 0.25) is 0 Å². The molecule has 0 aromatic carbocycles. The second kappa shape index (κ2) is 4.87. The summed E-state index contributed by atoms with van der Waals surface area (Å²) in [6.07, 6.45) is 9.06. The van der Waals surface area contributed by atoms with Gasteiger partial charge in [0.1, 0.15) is 0 Å². The SMILES string of the molecule is Cl.ClCc1cncn1C1CCCC1. The number of halogens is 2. The fourth-order valence-electron chi connectivity index (χ4n) is 1.95. The molecule has 0 radical (unpaired) electrons. The van der Waals surface area contributed by atoms with Gasteiger partial charge >= 0.3 is 0 Å². The number of imidazole rings is 1. The fraction of sp³-hybridized carbons (Fsp3) is 0.667. The van der Waals surface area contributed by atoms with Crippen LogP contribution >= 0.6 is 24.0 Å². The molecule has 0 unspecified atom stereocenters. The summed E-state index contributed by atoms with van der Waals surface area (Å²) >= 11 is 5.79. The largest absolute Gasteiger partial charge is 0.330 e. The van der Waals surface area contributed by atoms with Crippen LogP contribution in [0.15, 0.2) is 12.5 Å². The number of alkyl halides is 1. The molecule has 0 aliphatic heterocycles. The van der Waals surface area contributed by atoms with E-state index in [9.17, 15) is 0 Å². The third-order valence-corrected chi connectivity index (χ3v) is 2.88. The lowest BCUT2D eigenvalue weighted by molar-refractivity contribution is 0.506. The summed E-state index contributed by atoms with van der Waals surface area (Å²) in [4.78, 5) is 4.12. The summed E-state index contributed by atoms with van der Waals surface area (Å²) in [6, 6.07) is 0.668. The summed E-state index contributed by atoms with van der Waals surface area (Å²) in [7, 11) is 0. The molecule has 0 spiro atoms. The third-order valence-electron chi connectivity index (χ3n) is 2.60. The average molecular weight is 221 g/mol. The summed E-state index contributed by atoms with van der Waals surface area (Å²) in [5, 5.41) is 0. The van der Waals surface area contributed by atoms with E-state index in [4.69, 9.17) is 11.6 Å². The Balaban J connectivity index is 0.000000845. The molecule has 4 heteroatoms. The first kappa shape index (κ1) is 10.9. The van der Waals surface area contributed by atoms with E-state index < -0.39 is 0 Å². The van der Waals surface area contributed by atoms with Crippen molar-refractivity contribution in [2.75, 3.05) is 0 Å². The first-order chi connectivity index (χ1) is 5.92. The minimum Gasteiger partial charge on any atom is -0.330 e. The van der Waals surface area contributed by atoms with Crippen molar-refractivity contribution in [3.8, 4) is 0 Å². The van der Waals surface area contributed by atoms with Crippen LogP contribution in [-0.2, 0) is 5.88 Å². The lowest BCUT2D eigenvalue weighted by Crippen LogP contribution is -2.05. The Hall–Kier alpha value is -0.210. The standard InChI is InChI=1S/C9H13ClN2.ClH/c10-5-9-6-11-7-12(9)8-3-1-2-4-8;/h6-8H,1-5H2;1H. The normalized spacial score (nSPS) is 17.3. The molecular weight excluding hydrogens is 207 g/mol. The minimum atomic E-state index is 0. The van der Waals surface area contributed by atoms with Gasteiger partial charge in [0.05, 0.1) is 17.9 Å². The molecule has 1 saturated carbocycles. The molecule has 1 aromatic rings. The van der Waals surface area contributed by atoms with Gasteiger partial charge in [-0.2, -0.15) is 0 Å². The highest BCUT2D eigenvalue weighted by Crippen LogP contribution is 2.30. The molecule has 74 valence electrons. The number of hydrogen-bond acceptors (Lipinski definition) is 1. The molecule has 1 fully saturated rings. The monoisotopic (exact) mass is 220 g/mol. The van der Waals surface area contributed by atoms with Crippen LogP contribution in [0, 0.1) is 0 Å². The van der Waals surface area contributed by atoms with Crippen LogP contribution in [0.1, 0.15) is 37.4 Å². The summed E-state index contributed by atoms with van der Waals surface area (Å²) < 4.78 is 2.24. The van der Waals surface area contributed by atoms with Crippen LogP contribution < -0.4 is 0 Å². The average Bonchev–Trinajstić information content (AvgIpc) is 2.74. The van der Waals surface area contributed by atoms with Gasteiger partial charge in [-0.3, -0.25) is 0 Å². The molecular formula is C9H14Cl2N2. The van der Waals surface area contributed by atoms with Gasteiger partial charge in [-0.1, -0.05) is 12.8 Å². The second-order valence-electron chi connectivity index (χ2n) is 3.36. The van der Waals surface area contributed by atoms with Gasteiger partial charge in [0.15, 0.2) is 0 Å². The van der Waals surface area contributed by atoms with Crippen LogP contribution in [0.4, 0.5) is 0 Å². The van der Waals surface area contributed by atoms with E-state index in [-0.39, 0.29) is 12.4 Å². The molecule has 13 heavy (non-hydrogen) atoms. The number of hydrogen-bond donors (Lipinski definition) is 0. The topological polar surface area (TPSA) is 17.8 Å². The Kier molecular flexibility index (Phi) is 4.07. The first-order valence-corrected chi connectivity index (χ1v) is 5.02. The molecule has 0 saturated heterocycles. The van der Waals surface area contributed by atoms with Crippen molar-refractivity contribution < 1.29 is 0 Å². The predicted octanol–water partition coefficient (Wildman–Crippen LogP) is 3.16. The number of nitrogens with zero attached hydrogens (tertiary/aromatic N) is 2. The molecule has 2 rings (SSSR count). The van der Waals surface area contributed by atoms with Gasteiger partial charge in [0.25, 0.3) is 0 Å². The summed E-state index contributed by atoms with van der Waals surface area (Å²) in [5.74, 6) is 0.580. The lowest BCUT2D eigenvalue weighted by Gasteiger charge is -2.13. The van der Waals surface area contributed by atoms with Crippen LogP contribution in [0.25, 0.3) is 0 Å². The zero-order valence-corrected chi connectivity index (χ0v) is 9.02. The number of aromatic nitrogens is 2. The van der Waals surface area contributed by atoms with Crippen molar-refractivity contribution in [2.45, 2.75) is 37.6 Å². The Morgan fingerprint density at radius 2 is 2.15 bits per heavy atom. The highest BCUT2D eigenvalue weighted by Gasteiger charge is 2.18. The van der Waals surface area contributed by atoms with Gasteiger partial charge in [-0.25, -0.2) is 4.98 Å². The summed E-state index contributed by atoms with van der Waals surface area (Å²) in [6.45, 7) is 0. The maximum absolute atomic E-state index is 5.79. The van der Waals surface area contributed by atoms with Gasteiger partial charge in [-0.05, 0) is 12.8 Å². The fourth-order valence-corrected chi connectivity index (χ4v) is 2.15. The molecule has 1 heterocycles. The quantitative estimate of drug-likeness (QED) is 0.701. The Morgan fingerprint density at radius 1 is 1.46 bits per heavy atom. The van der Waals surface area contributed by atoms with Crippen LogP contribution in [0.3, 0.4) is 0 Å². The van der Waals surface area contributed by atoms with E-state index in [1.165, 1.54) is 25.7 Å². The first-order valence-electron chi connectivity index (χ1n) is 4.48. The van der Waals surface area contributed by atoms with E-state index in [1.807, 2.05) is 12.5 Å². The van der Waals surface area contributed by atoms with Gasteiger partial charge in [0.2, 0.25) is 0 Å². The number of rotatable bonds is 2. The van der Waals surface area contributed by atoms with Crippen molar-refractivity contribution in [1.29, 1.82) is 0 Å². The van der Waals surface area contributed by atoms with Gasteiger partial charge in [-0.15, -0.1) is 24.0 Å². The highest BCUT2D eigenvalue weighted by molar-refractivity contribution is 6.16. The van der Waals surface area contributed by atoms with Crippen molar-refractivity contribution in [2.24, 2.45) is 0 Å². The molecule has 0 amide bonds. The molecule has 1 aliphatic rings. The zero-order chi connectivity index (χ0) is 8.39. The smallest absolute Gasteiger partial charge is 0.0951 e. The maximum atomic E-state index is 5.79. The Labute approximate surface area is 89.7 Å². The minimum absolute atomic E-state index is 0. The van der Waals surface area contributed by atoms with E-state index in [2.05, 4.69) is 9.55 Å². The van der Waals surface area contributed by atoms with Crippen molar-refractivity contribution in [3.63, 3.8) is 0 Å². The molecule has 0 N–H and O–H groups in total. The van der Waals surface area contributed by atoms with E-state index >= 15 is 0 Å². The van der Waals surface area contributed by atoms with E-state index in [1.54, 1.807) is 0 Å². The molecule has 0 atom stereocenters.